The van der Waals surface area contributed by atoms with Crippen LogP contribution in [0.5, 0.6) is 5.75 Å². The van der Waals surface area contributed by atoms with Gasteiger partial charge in [-0.2, -0.15) is 0 Å². The van der Waals surface area contributed by atoms with Crippen molar-refractivity contribution in [1.82, 2.24) is 4.90 Å². The van der Waals surface area contributed by atoms with E-state index in [1.165, 1.54) is 19.3 Å². The lowest BCUT2D eigenvalue weighted by Gasteiger charge is -2.30. The van der Waals surface area contributed by atoms with Gasteiger partial charge in [-0.05, 0) is 67.4 Å². The predicted octanol–water partition coefficient (Wildman–Crippen LogP) is 4.61. The van der Waals surface area contributed by atoms with E-state index in [2.05, 4.69) is 5.32 Å². The third-order valence-corrected chi connectivity index (χ3v) is 6.68. The summed E-state index contributed by atoms with van der Waals surface area (Å²) in [6.45, 7) is 0.717. The lowest BCUT2D eigenvalue weighted by atomic mass is 9.88. The van der Waals surface area contributed by atoms with Gasteiger partial charge in [0.2, 0.25) is 5.91 Å². The maximum absolute atomic E-state index is 13.4. The Morgan fingerprint density at radius 3 is 2.41 bits per heavy atom. The van der Waals surface area contributed by atoms with Crippen LogP contribution in [0.2, 0.25) is 0 Å². The SMILES string of the molecule is COc1ccc(NC(=O)C[C@H]2C(=O)N(c3ccccc3)C(=S)N2CC2CCCCC2)cc1. The van der Waals surface area contributed by atoms with E-state index in [1.807, 2.05) is 35.2 Å². The first-order valence-corrected chi connectivity index (χ1v) is 11.6. The Morgan fingerprint density at radius 2 is 1.75 bits per heavy atom. The zero-order valence-corrected chi connectivity index (χ0v) is 19.1. The molecular weight excluding hydrogens is 422 g/mol. The number of para-hydroxylation sites is 1. The molecule has 0 unspecified atom stereocenters. The van der Waals surface area contributed by atoms with Crippen LogP contribution in [-0.2, 0) is 9.59 Å². The number of thiocarbonyl (C=S) groups is 1. The lowest BCUT2D eigenvalue weighted by molar-refractivity contribution is -0.124. The molecule has 6 nitrogen and oxygen atoms in total. The average Bonchev–Trinajstić information content (AvgIpc) is 3.04. The Bertz CT molecular complexity index is 958. The lowest BCUT2D eigenvalue weighted by Crippen LogP contribution is -2.41. The van der Waals surface area contributed by atoms with Crippen molar-refractivity contribution in [3.8, 4) is 5.75 Å². The smallest absolute Gasteiger partial charge is 0.256 e. The quantitative estimate of drug-likeness (QED) is 0.623. The van der Waals surface area contributed by atoms with Crippen LogP contribution in [0, 0.1) is 5.92 Å². The van der Waals surface area contributed by atoms with Crippen molar-refractivity contribution in [2.24, 2.45) is 5.92 Å². The molecule has 32 heavy (non-hydrogen) atoms. The van der Waals surface area contributed by atoms with Crippen LogP contribution in [0.3, 0.4) is 0 Å². The first-order chi connectivity index (χ1) is 15.6. The van der Waals surface area contributed by atoms with Crippen LogP contribution >= 0.6 is 12.2 Å². The summed E-state index contributed by atoms with van der Waals surface area (Å²) in [5.41, 5.74) is 1.41. The summed E-state index contributed by atoms with van der Waals surface area (Å²) in [7, 11) is 1.60. The molecule has 168 valence electrons. The highest BCUT2D eigenvalue weighted by molar-refractivity contribution is 7.80. The highest BCUT2D eigenvalue weighted by atomic mass is 32.1. The van der Waals surface area contributed by atoms with Gasteiger partial charge >= 0.3 is 0 Å². The van der Waals surface area contributed by atoms with Crippen molar-refractivity contribution < 1.29 is 14.3 Å². The second-order valence-electron chi connectivity index (χ2n) is 8.44. The molecule has 1 atom stereocenters. The van der Waals surface area contributed by atoms with Crippen molar-refractivity contribution >= 4 is 40.5 Å². The number of carbonyl (C=O) groups excluding carboxylic acids is 2. The second-order valence-corrected chi connectivity index (χ2v) is 8.81. The fraction of sp³-hybridized carbons (Fsp3) is 0.400. The van der Waals surface area contributed by atoms with E-state index in [0.717, 1.165) is 24.3 Å². The number of ether oxygens (including phenoxy) is 1. The summed E-state index contributed by atoms with van der Waals surface area (Å²) in [5.74, 6) is 0.871. The molecular formula is C25H29N3O3S. The number of methoxy groups -OCH3 is 1. The number of anilines is 2. The van der Waals surface area contributed by atoms with Crippen molar-refractivity contribution in [2.45, 2.75) is 44.6 Å². The van der Waals surface area contributed by atoms with Crippen LogP contribution in [0.25, 0.3) is 0 Å². The number of hydrogen-bond acceptors (Lipinski definition) is 4. The van der Waals surface area contributed by atoms with Gasteiger partial charge in [-0.1, -0.05) is 37.5 Å². The van der Waals surface area contributed by atoms with E-state index in [1.54, 1.807) is 36.3 Å². The summed E-state index contributed by atoms with van der Waals surface area (Å²) in [5, 5.41) is 3.39. The molecule has 0 radical (unpaired) electrons. The molecule has 0 aromatic heterocycles. The first kappa shape index (κ1) is 22.3. The summed E-state index contributed by atoms with van der Waals surface area (Å²) in [4.78, 5) is 29.9. The number of hydrogen-bond donors (Lipinski definition) is 1. The largest absolute Gasteiger partial charge is 0.497 e. The summed E-state index contributed by atoms with van der Waals surface area (Å²) < 4.78 is 5.16. The molecule has 1 saturated carbocycles. The van der Waals surface area contributed by atoms with Gasteiger partial charge in [-0.15, -0.1) is 0 Å². The van der Waals surface area contributed by atoms with E-state index < -0.39 is 6.04 Å². The monoisotopic (exact) mass is 451 g/mol. The van der Waals surface area contributed by atoms with Crippen molar-refractivity contribution in [2.75, 3.05) is 23.9 Å². The standard InChI is InChI=1S/C25H29N3O3S/c1-31-21-14-12-19(13-15-21)26-23(29)16-22-24(30)28(20-10-6-3-7-11-20)25(32)27(22)17-18-8-4-2-5-9-18/h3,6-7,10-15,18,22H,2,4-5,8-9,16-17H2,1H3,(H,26,29)/t22-/m0/s1. The molecule has 2 aliphatic rings. The molecule has 2 amide bonds. The maximum Gasteiger partial charge on any atom is 0.256 e. The highest BCUT2D eigenvalue weighted by Gasteiger charge is 2.44. The van der Waals surface area contributed by atoms with Crippen molar-refractivity contribution in [3.05, 3.63) is 54.6 Å². The van der Waals surface area contributed by atoms with E-state index >= 15 is 0 Å². The summed E-state index contributed by atoms with van der Waals surface area (Å²) in [6, 6.07) is 16.0. The predicted molar refractivity (Wildman–Crippen MR) is 130 cm³/mol. The van der Waals surface area contributed by atoms with Gasteiger partial charge < -0.3 is 15.0 Å². The Labute approximate surface area is 194 Å². The zero-order chi connectivity index (χ0) is 22.5. The van der Waals surface area contributed by atoms with Crippen LogP contribution in [-0.4, -0.2) is 41.5 Å². The molecule has 7 heteroatoms. The number of carbonyl (C=O) groups is 2. The Morgan fingerprint density at radius 1 is 1.06 bits per heavy atom. The van der Waals surface area contributed by atoms with Crippen molar-refractivity contribution in [3.63, 3.8) is 0 Å². The van der Waals surface area contributed by atoms with Gasteiger partial charge in [0.15, 0.2) is 5.11 Å². The first-order valence-electron chi connectivity index (χ1n) is 11.2. The third kappa shape index (κ3) is 4.93. The summed E-state index contributed by atoms with van der Waals surface area (Å²) >= 11 is 5.76. The number of nitrogens with zero attached hydrogens (tertiary/aromatic N) is 2. The zero-order valence-electron chi connectivity index (χ0n) is 18.3. The number of amides is 2. The molecule has 2 aromatic carbocycles. The van der Waals surface area contributed by atoms with Crippen LogP contribution < -0.4 is 15.0 Å². The van der Waals surface area contributed by atoms with Crippen LogP contribution in [0.4, 0.5) is 11.4 Å². The maximum atomic E-state index is 13.4. The molecule has 0 bridgehead atoms. The Kier molecular flexibility index (Phi) is 7.05. The van der Waals surface area contributed by atoms with Gasteiger partial charge in [-0.25, -0.2) is 0 Å². The topological polar surface area (TPSA) is 61.9 Å². The molecule has 1 aliphatic carbocycles. The van der Waals surface area contributed by atoms with Gasteiger partial charge in [0.25, 0.3) is 5.91 Å². The number of nitrogens with one attached hydrogen (secondary N) is 1. The molecule has 2 fully saturated rings. The van der Waals surface area contributed by atoms with Crippen LogP contribution in [0.1, 0.15) is 38.5 Å². The molecule has 0 spiro atoms. The molecule has 1 N–H and O–H groups in total. The van der Waals surface area contributed by atoms with E-state index in [0.29, 0.717) is 23.3 Å². The third-order valence-electron chi connectivity index (χ3n) is 6.27. The molecule has 1 heterocycles. The Hall–Kier alpha value is -2.93. The minimum atomic E-state index is -0.595. The number of rotatable bonds is 7. The highest BCUT2D eigenvalue weighted by Crippen LogP contribution is 2.31. The van der Waals surface area contributed by atoms with Gasteiger partial charge in [-0.3, -0.25) is 14.5 Å². The fourth-order valence-corrected chi connectivity index (χ4v) is 4.96. The summed E-state index contributed by atoms with van der Waals surface area (Å²) in [6.07, 6.45) is 6.03. The normalized spacial score (nSPS) is 19.3. The van der Waals surface area contributed by atoms with E-state index in [9.17, 15) is 9.59 Å². The molecule has 4 rings (SSSR count). The van der Waals surface area contributed by atoms with E-state index in [-0.39, 0.29) is 18.2 Å². The molecule has 1 aliphatic heterocycles. The van der Waals surface area contributed by atoms with Crippen molar-refractivity contribution in [1.29, 1.82) is 0 Å². The number of benzene rings is 2. The average molecular weight is 452 g/mol. The fourth-order valence-electron chi connectivity index (χ4n) is 4.57. The Balaban J connectivity index is 1.52. The second kappa shape index (κ2) is 10.1. The molecule has 2 aromatic rings. The van der Waals surface area contributed by atoms with Gasteiger partial charge in [0, 0.05) is 12.2 Å². The molecule has 1 saturated heterocycles. The van der Waals surface area contributed by atoms with Crippen LogP contribution in [0.15, 0.2) is 54.6 Å². The van der Waals surface area contributed by atoms with Gasteiger partial charge in [0.05, 0.1) is 19.2 Å². The minimum Gasteiger partial charge on any atom is -0.497 e. The van der Waals surface area contributed by atoms with E-state index in [4.69, 9.17) is 17.0 Å². The van der Waals surface area contributed by atoms with Gasteiger partial charge in [0.1, 0.15) is 11.8 Å². The minimum absolute atomic E-state index is 0.0566.